The number of nitrogens with one attached hydrogen (secondary N) is 1. The summed E-state index contributed by atoms with van der Waals surface area (Å²) < 4.78 is 6.00. The van der Waals surface area contributed by atoms with E-state index in [1.54, 1.807) is 0 Å². The van der Waals surface area contributed by atoms with Crippen molar-refractivity contribution in [2.75, 3.05) is 19.7 Å². The zero-order chi connectivity index (χ0) is 14.4. The van der Waals surface area contributed by atoms with Gasteiger partial charge in [0, 0.05) is 30.7 Å². The Balaban J connectivity index is 1.81. The van der Waals surface area contributed by atoms with E-state index in [0.717, 1.165) is 38.0 Å². The van der Waals surface area contributed by atoms with Gasteiger partial charge in [0.15, 0.2) is 0 Å². The van der Waals surface area contributed by atoms with Gasteiger partial charge in [0.05, 0.1) is 0 Å². The number of hydrogen-bond acceptors (Lipinski definition) is 3. The van der Waals surface area contributed by atoms with Crippen LogP contribution in [0.1, 0.15) is 39.2 Å². The van der Waals surface area contributed by atoms with E-state index in [1.165, 1.54) is 18.4 Å². The lowest BCUT2D eigenvalue weighted by molar-refractivity contribution is 0.208. The van der Waals surface area contributed by atoms with E-state index in [4.69, 9.17) is 4.74 Å². The molecule has 0 atom stereocenters. The van der Waals surface area contributed by atoms with Crippen molar-refractivity contribution in [1.82, 2.24) is 10.2 Å². The second-order valence-electron chi connectivity index (χ2n) is 5.85. The molecule has 1 aliphatic rings. The molecule has 0 heterocycles. The highest BCUT2D eigenvalue weighted by molar-refractivity contribution is 5.33. The standard InChI is InChI=1S/C17H28N2O/c1-4-19(16-9-10-16)11-12-20-17-8-6-5-7-15(17)13-18-14(2)3/h5-8,14,16,18H,4,9-13H2,1-3H3. The third-order valence-corrected chi connectivity index (χ3v) is 3.78. The molecule has 1 N–H and O–H groups in total. The third-order valence-electron chi connectivity index (χ3n) is 3.78. The molecular formula is C17H28N2O. The molecular weight excluding hydrogens is 248 g/mol. The quantitative estimate of drug-likeness (QED) is 0.750. The predicted octanol–water partition coefficient (Wildman–Crippen LogP) is 3.05. The predicted molar refractivity (Wildman–Crippen MR) is 84.2 cm³/mol. The summed E-state index contributed by atoms with van der Waals surface area (Å²) in [6, 6.07) is 9.66. The van der Waals surface area contributed by atoms with Crippen LogP contribution in [0, 0.1) is 0 Å². The number of rotatable bonds is 9. The average Bonchev–Trinajstić information content (AvgIpc) is 3.27. The summed E-state index contributed by atoms with van der Waals surface area (Å²) in [6.45, 7) is 10.4. The van der Waals surface area contributed by atoms with E-state index < -0.39 is 0 Å². The second kappa shape index (κ2) is 7.65. The van der Waals surface area contributed by atoms with Crippen LogP contribution in [-0.4, -0.2) is 36.7 Å². The van der Waals surface area contributed by atoms with Crippen LogP contribution in [-0.2, 0) is 6.54 Å². The summed E-state index contributed by atoms with van der Waals surface area (Å²) in [5, 5.41) is 3.45. The maximum absolute atomic E-state index is 6.00. The van der Waals surface area contributed by atoms with Crippen molar-refractivity contribution in [2.24, 2.45) is 0 Å². The summed E-state index contributed by atoms with van der Waals surface area (Å²) in [6.07, 6.45) is 2.73. The molecule has 0 saturated heterocycles. The normalized spacial score (nSPS) is 15.1. The maximum Gasteiger partial charge on any atom is 0.123 e. The van der Waals surface area contributed by atoms with Gasteiger partial charge in [-0.3, -0.25) is 4.90 Å². The molecule has 2 rings (SSSR count). The first-order valence-corrected chi connectivity index (χ1v) is 7.88. The summed E-state index contributed by atoms with van der Waals surface area (Å²) in [7, 11) is 0. The fourth-order valence-electron chi connectivity index (χ4n) is 2.42. The molecule has 0 radical (unpaired) electrons. The SMILES string of the molecule is CCN(CCOc1ccccc1CNC(C)C)C1CC1. The van der Waals surface area contributed by atoms with Crippen molar-refractivity contribution in [1.29, 1.82) is 0 Å². The van der Waals surface area contributed by atoms with Gasteiger partial charge in [0.25, 0.3) is 0 Å². The van der Waals surface area contributed by atoms with Crippen LogP contribution in [0.2, 0.25) is 0 Å². The number of nitrogens with zero attached hydrogens (tertiary/aromatic N) is 1. The van der Waals surface area contributed by atoms with Crippen molar-refractivity contribution in [3.63, 3.8) is 0 Å². The average molecular weight is 276 g/mol. The lowest BCUT2D eigenvalue weighted by Gasteiger charge is -2.20. The van der Waals surface area contributed by atoms with Gasteiger partial charge in [-0.25, -0.2) is 0 Å². The van der Waals surface area contributed by atoms with Crippen LogP contribution in [0.4, 0.5) is 0 Å². The fourth-order valence-corrected chi connectivity index (χ4v) is 2.42. The Morgan fingerprint density at radius 1 is 1.30 bits per heavy atom. The Morgan fingerprint density at radius 3 is 2.70 bits per heavy atom. The third kappa shape index (κ3) is 4.80. The summed E-state index contributed by atoms with van der Waals surface area (Å²) in [5.41, 5.74) is 1.25. The van der Waals surface area contributed by atoms with Gasteiger partial charge in [-0.15, -0.1) is 0 Å². The van der Waals surface area contributed by atoms with E-state index in [0.29, 0.717) is 6.04 Å². The number of para-hydroxylation sites is 1. The molecule has 112 valence electrons. The number of likely N-dealkylation sites (N-methyl/N-ethyl adjacent to an activating group) is 1. The van der Waals surface area contributed by atoms with Gasteiger partial charge >= 0.3 is 0 Å². The van der Waals surface area contributed by atoms with Crippen LogP contribution >= 0.6 is 0 Å². The van der Waals surface area contributed by atoms with Gasteiger partial charge in [-0.2, -0.15) is 0 Å². The molecule has 20 heavy (non-hydrogen) atoms. The van der Waals surface area contributed by atoms with Crippen molar-refractivity contribution in [3.8, 4) is 5.75 Å². The van der Waals surface area contributed by atoms with Crippen molar-refractivity contribution in [2.45, 2.75) is 52.2 Å². The Labute approximate surface area is 123 Å². The molecule has 1 saturated carbocycles. The van der Waals surface area contributed by atoms with E-state index >= 15 is 0 Å². The Bertz CT molecular complexity index is 402. The Morgan fingerprint density at radius 2 is 2.05 bits per heavy atom. The molecule has 1 aromatic carbocycles. The number of benzene rings is 1. The second-order valence-corrected chi connectivity index (χ2v) is 5.85. The molecule has 1 aromatic rings. The monoisotopic (exact) mass is 276 g/mol. The Kier molecular flexibility index (Phi) is 5.86. The van der Waals surface area contributed by atoms with E-state index in [2.05, 4.69) is 49.2 Å². The van der Waals surface area contributed by atoms with Crippen LogP contribution in [0.15, 0.2) is 24.3 Å². The first-order valence-electron chi connectivity index (χ1n) is 7.88. The minimum Gasteiger partial charge on any atom is -0.492 e. The first-order chi connectivity index (χ1) is 9.70. The zero-order valence-corrected chi connectivity index (χ0v) is 13.1. The van der Waals surface area contributed by atoms with Gasteiger partial charge in [-0.1, -0.05) is 39.0 Å². The van der Waals surface area contributed by atoms with Crippen LogP contribution < -0.4 is 10.1 Å². The Hall–Kier alpha value is -1.06. The minimum absolute atomic E-state index is 0.494. The first kappa shape index (κ1) is 15.3. The van der Waals surface area contributed by atoms with Gasteiger partial charge < -0.3 is 10.1 Å². The molecule has 0 bridgehead atoms. The summed E-state index contributed by atoms with van der Waals surface area (Å²) in [4.78, 5) is 2.52. The number of hydrogen-bond donors (Lipinski definition) is 1. The lowest BCUT2D eigenvalue weighted by Crippen LogP contribution is -2.30. The largest absolute Gasteiger partial charge is 0.492 e. The minimum atomic E-state index is 0.494. The molecule has 0 unspecified atom stereocenters. The van der Waals surface area contributed by atoms with Crippen molar-refractivity contribution in [3.05, 3.63) is 29.8 Å². The smallest absolute Gasteiger partial charge is 0.123 e. The molecule has 0 amide bonds. The van der Waals surface area contributed by atoms with Crippen molar-refractivity contribution < 1.29 is 4.74 Å². The van der Waals surface area contributed by atoms with Crippen molar-refractivity contribution >= 4 is 0 Å². The van der Waals surface area contributed by atoms with Crippen LogP contribution in [0.25, 0.3) is 0 Å². The van der Waals surface area contributed by atoms with Gasteiger partial charge in [0.1, 0.15) is 12.4 Å². The molecule has 1 aliphatic carbocycles. The van der Waals surface area contributed by atoms with E-state index in [-0.39, 0.29) is 0 Å². The maximum atomic E-state index is 6.00. The molecule has 0 aromatic heterocycles. The lowest BCUT2D eigenvalue weighted by atomic mass is 10.2. The van der Waals surface area contributed by atoms with Gasteiger partial charge in [0.2, 0.25) is 0 Å². The fraction of sp³-hybridized carbons (Fsp3) is 0.647. The summed E-state index contributed by atoms with van der Waals surface area (Å²) >= 11 is 0. The molecule has 0 spiro atoms. The molecule has 3 heteroatoms. The highest BCUT2D eigenvalue weighted by Crippen LogP contribution is 2.26. The summed E-state index contributed by atoms with van der Waals surface area (Å²) in [5.74, 6) is 1.02. The van der Waals surface area contributed by atoms with Crippen LogP contribution in [0.3, 0.4) is 0 Å². The molecule has 3 nitrogen and oxygen atoms in total. The zero-order valence-electron chi connectivity index (χ0n) is 13.1. The highest BCUT2D eigenvalue weighted by atomic mass is 16.5. The van der Waals surface area contributed by atoms with Gasteiger partial charge in [-0.05, 0) is 25.5 Å². The molecule has 1 fully saturated rings. The van der Waals surface area contributed by atoms with Crippen LogP contribution in [0.5, 0.6) is 5.75 Å². The topological polar surface area (TPSA) is 24.5 Å². The van der Waals surface area contributed by atoms with E-state index in [1.807, 2.05) is 6.07 Å². The highest BCUT2D eigenvalue weighted by Gasteiger charge is 2.27. The molecule has 0 aliphatic heterocycles. The number of ether oxygens (including phenoxy) is 1. The van der Waals surface area contributed by atoms with E-state index in [9.17, 15) is 0 Å².